The van der Waals surface area contributed by atoms with Crippen LogP contribution in [-0.4, -0.2) is 15.7 Å². The second kappa shape index (κ2) is 9.42. The summed E-state index contributed by atoms with van der Waals surface area (Å²) in [5.74, 6) is 0.999. The minimum absolute atomic E-state index is 0.251. The van der Waals surface area contributed by atoms with E-state index < -0.39 is 6.36 Å². The molecule has 0 unspecified atom stereocenters. The molecule has 3 aromatic carbocycles. The Balaban J connectivity index is 1.27. The molecule has 5 rings (SSSR count). The van der Waals surface area contributed by atoms with Gasteiger partial charge in [0, 0.05) is 42.3 Å². The Bertz CT molecular complexity index is 1450. The molecule has 1 N–H and O–H groups in total. The molecule has 2 aromatic heterocycles. The fraction of sp³-hybridized carbons (Fsp3) is 0.0741. The summed E-state index contributed by atoms with van der Waals surface area (Å²) in [6.45, 7) is 0.320. The highest BCUT2D eigenvalue weighted by Crippen LogP contribution is 2.27. The van der Waals surface area contributed by atoms with Gasteiger partial charge in [0.1, 0.15) is 22.9 Å². The van der Waals surface area contributed by atoms with Gasteiger partial charge in [0.05, 0.1) is 5.69 Å². The highest BCUT2D eigenvalue weighted by molar-refractivity contribution is 5.63. The maximum absolute atomic E-state index is 12.5. The molecule has 0 aliphatic rings. The molecule has 2 heterocycles. The van der Waals surface area contributed by atoms with E-state index in [9.17, 15) is 13.2 Å². The van der Waals surface area contributed by atoms with Crippen molar-refractivity contribution in [2.45, 2.75) is 12.9 Å². The van der Waals surface area contributed by atoms with E-state index >= 15 is 0 Å². The van der Waals surface area contributed by atoms with Gasteiger partial charge in [0.25, 0.3) is 0 Å². The minimum atomic E-state index is -4.72. The van der Waals surface area contributed by atoms with E-state index in [1.807, 2.05) is 83.5 Å². The summed E-state index contributed by atoms with van der Waals surface area (Å²) in [5, 5.41) is 3.20. The average molecular weight is 475 g/mol. The molecule has 0 spiro atoms. The van der Waals surface area contributed by atoms with Crippen molar-refractivity contribution in [1.82, 2.24) is 9.38 Å². The standard InChI is InChI=1S/C27H20F3N3O2/c28-27(29,30)35-24-11-4-6-19(14-24)17-31-21-9-5-10-22(15-21)34-23-12-13-33-18-25(32-26(33)16-23)20-7-2-1-3-8-20/h1-16,18,31H,17H2. The van der Waals surface area contributed by atoms with Crippen molar-refractivity contribution in [2.75, 3.05) is 5.32 Å². The summed E-state index contributed by atoms with van der Waals surface area (Å²) in [7, 11) is 0. The highest BCUT2D eigenvalue weighted by atomic mass is 19.4. The third-order valence-corrected chi connectivity index (χ3v) is 5.20. The van der Waals surface area contributed by atoms with Gasteiger partial charge in [0.15, 0.2) is 0 Å². The van der Waals surface area contributed by atoms with E-state index in [1.165, 1.54) is 18.2 Å². The Hall–Kier alpha value is -4.46. The lowest BCUT2D eigenvalue weighted by Gasteiger charge is -2.12. The molecule has 0 aliphatic carbocycles. The summed E-state index contributed by atoms with van der Waals surface area (Å²) in [5.41, 5.74) is 4.08. The molecule has 5 nitrogen and oxygen atoms in total. The number of nitrogens with one attached hydrogen (secondary N) is 1. The number of nitrogens with zero attached hydrogens (tertiary/aromatic N) is 2. The second-order valence-corrected chi connectivity index (χ2v) is 7.80. The molecule has 0 bridgehead atoms. The van der Waals surface area contributed by atoms with Gasteiger partial charge in [-0.15, -0.1) is 13.2 Å². The summed E-state index contributed by atoms with van der Waals surface area (Å²) >= 11 is 0. The van der Waals surface area contributed by atoms with Crippen LogP contribution in [0.4, 0.5) is 18.9 Å². The SMILES string of the molecule is FC(F)(F)Oc1cccc(CNc2cccc(Oc3ccn4cc(-c5ccccc5)nc4c3)c2)c1. The quantitative estimate of drug-likeness (QED) is 0.268. The van der Waals surface area contributed by atoms with E-state index in [2.05, 4.69) is 15.0 Å². The lowest BCUT2D eigenvalue weighted by atomic mass is 10.2. The molecule has 8 heteroatoms. The molecule has 0 radical (unpaired) electrons. The van der Waals surface area contributed by atoms with Gasteiger partial charge in [-0.25, -0.2) is 4.98 Å². The Morgan fingerprint density at radius 3 is 2.40 bits per heavy atom. The number of rotatable bonds is 7. The number of halogens is 3. The number of anilines is 1. The number of benzene rings is 3. The van der Waals surface area contributed by atoms with Crippen molar-refractivity contribution < 1.29 is 22.6 Å². The first-order valence-electron chi connectivity index (χ1n) is 10.8. The van der Waals surface area contributed by atoms with Crippen LogP contribution in [0.15, 0.2) is 103 Å². The Morgan fingerprint density at radius 2 is 1.57 bits per heavy atom. The monoisotopic (exact) mass is 475 g/mol. The number of aromatic nitrogens is 2. The van der Waals surface area contributed by atoms with Gasteiger partial charge < -0.3 is 19.2 Å². The molecule has 0 aliphatic heterocycles. The fourth-order valence-electron chi connectivity index (χ4n) is 3.64. The Kier molecular flexibility index (Phi) is 6.01. The molecule has 0 atom stereocenters. The number of imidazole rings is 1. The Labute approximate surface area is 199 Å². The number of fused-ring (bicyclic) bond motifs is 1. The summed E-state index contributed by atoms with van der Waals surface area (Å²) in [4.78, 5) is 4.69. The van der Waals surface area contributed by atoms with Crippen molar-refractivity contribution in [2.24, 2.45) is 0 Å². The van der Waals surface area contributed by atoms with Crippen molar-refractivity contribution in [3.63, 3.8) is 0 Å². The number of hydrogen-bond acceptors (Lipinski definition) is 4. The first-order chi connectivity index (χ1) is 16.9. The van der Waals surface area contributed by atoms with E-state index in [-0.39, 0.29) is 5.75 Å². The molecule has 0 fully saturated rings. The van der Waals surface area contributed by atoms with Crippen molar-refractivity contribution in [3.8, 4) is 28.5 Å². The third kappa shape index (κ3) is 5.73. The first-order valence-corrected chi connectivity index (χ1v) is 10.8. The molecule has 35 heavy (non-hydrogen) atoms. The van der Waals surface area contributed by atoms with Crippen LogP contribution in [0.2, 0.25) is 0 Å². The van der Waals surface area contributed by atoms with Crippen LogP contribution in [0.5, 0.6) is 17.2 Å². The number of hydrogen-bond donors (Lipinski definition) is 1. The van der Waals surface area contributed by atoms with E-state index in [4.69, 9.17) is 4.74 Å². The maximum Gasteiger partial charge on any atom is 0.573 e. The largest absolute Gasteiger partial charge is 0.573 e. The zero-order chi connectivity index (χ0) is 24.3. The van der Waals surface area contributed by atoms with Crippen LogP contribution < -0.4 is 14.8 Å². The lowest BCUT2D eigenvalue weighted by Crippen LogP contribution is -2.17. The average Bonchev–Trinajstić information content (AvgIpc) is 3.26. The van der Waals surface area contributed by atoms with Crippen LogP contribution in [-0.2, 0) is 6.54 Å². The van der Waals surface area contributed by atoms with Gasteiger partial charge in [-0.05, 0) is 35.9 Å². The van der Waals surface area contributed by atoms with E-state index in [0.29, 0.717) is 23.6 Å². The smallest absolute Gasteiger partial charge is 0.457 e. The van der Waals surface area contributed by atoms with Crippen molar-refractivity contribution in [1.29, 1.82) is 0 Å². The minimum Gasteiger partial charge on any atom is -0.457 e. The zero-order valence-corrected chi connectivity index (χ0v) is 18.4. The van der Waals surface area contributed by atoms with Crippen molar-refractivity contribution in [3.05, 3.63) is 109 Å². The van der Waals surface area contributed by atoms with Crippen LogP contribution in [0.25, 0.3) is 16.9 Å². The van der Waals surface area contributed by atoms with Crippen LogP contribution in [0.3, 0.4) is 0 Å². The predicted octanol–water partition coefficient (Wildman–Crippen LogP) is 7.30. The number of alkyl halides is 3. The highest BCUT2D eigenvalue weighted by Gasteiger charge is 2.31. The van der Waals surface area contributed by atoms with Crippen LogP contribution in [0.1, 0.15) is 5.56 Å². The van der Waals surface area contributed by atoms with Crippen molar-refractivity contribution >= 4 is 11.3 Å². The molecule has 0 saturated heterocycles. The van der Waals surface area contributed by atoms with Crippen LogP contribution in [0, 0.1) is 0 Å². The summed E-state index contributed by atoms with van der Waals surface area (Å²) < 4.78 is 49.3. The fourth-order valence-corrected chi connectivity index (χ4v) is 3.64. The topological polar surface area (TPSA) is 47.8 Å². The number of ether oxygens (including phenoxy) is 2. The first kappa shape index (κ1) is 22.3. The van der Waals surface area contributed by atoms with E-state index in [1.54, 1.807) is 6.07 Å². The lowest BCUT2D eigenvalue weighted by molar-refractivity contribution is -0.274. The zero-order valence-electron chi connectivity index (χ0n) is 18.4. The number of pyridine rings is 1. The summed E-state index contributed by atoms with van der Waals surface area (Å²) in [6.07, 6.45) is -0.865. The Morgan fingerprint density at radius 1 is 0.800 bits per heavy atom. The van der Waals surface area contributed by atoms with E-state index in [0.717, 1.165) is 22.6 Å². The predicted molar refractivity (Wildman–Crippen MR) is 128 cm³/mol. The molecule has 5 aromatic rings. The molecular weight excluding hydrogens is 455 g/mol. The van der Waals surface area contributed by atoms with Gasteiger partial charge in [-0.3, -0.25) is 0 Å². The van der Waals surface area contributed by atoms with Gasteiger partial charge >= 0.3 is 6.36 Å². The second-order valence-electron chi connectivity index (χ2n) is 7.80. The molecular formula is C27H20F3N3O2. The van der Waals surface area contributed by atoms with Gasteiger partial charge in [0.2, 0.25) is 0 Å². The van der Waals surface area contributed by atoms with Gasteiger partial charge in [-0.1, -0.05) is 48.5 Å². The molecule has 176 valence electrons. The normalized spacial score (nSPS) is 11.4. The third-order valence-electron chi connectivity index (χ3n) is 5.20. The molecule has 0 amide bonds. The van der Waals surface area contributed by atoms with Crippen LogP contribution >= 0.6 is 0 Å². The molecule has 0 saturated carbocycles. The van der Waals surface area contributed by atoms with Gasteiger partial charge in [-0.2, -0.15) is 0 Å². The maximum atomic E-state index is 12.5. The summed E-state index contributed by atoms with van der Waals surface area (Å²) in [6, 6.07) is 26.9.